The maximum Gasteiger partial charge on any atom is 0.123 e. The molecule has 0 aromatic heterocycles. The Kier molecular flexibility index (Phi) is 7.17. The Morgan fingerprint density at radius 3 is 2.90 bits per heavy atom. The van der Waals surface area contributed by atoms with Crippen molar-refractivity contribution in [3.8, 4) is 0 Å². The first-order chi connectivity index (χ1) is 10.3. The van der Waals surface area contributed by atoms with E-state index in [1.807, 2.05) is 6.07 Å². The molecule has 2 nitrogen and oxygen atoms in total. The lowest BCUT2D eigenvalue weighted by Gasteiger charge is -2.18. The number of hydrogen-bond acceptors (Lipinski definition) is 2. The van der Waals surface area contributed by atoms with E-state index in [1.54, 1.807) is 12.1 Å². The van der Waals surface area contributed by atoms with E-state index in [0.29, 0.717) is 5.92 Å². The zero-order chi connectivity index (χ0) is 14.9. The average molecular weight is 293 g/mol. The summed E-state index contributed by atoms with van der Waals surface area (Å²) in [6.45, 7) is 4.86. The lowest BCUT2D eigenvalue weighted by molar-refractivity contribution is 0.117. The van der Waals surface area contributed by atoms with Crippen LogP contribution in [0.1, 0.15) is 44.6 Å². The van der Waals surface area contributed by atoms with Crippen LogP contribution in [0.15, 0.2) is 24.3 Å². The fraction of sp³-hybridized carbons (Fsp3) is 0.667. The fourth-order valence-corrected chi connectivity index (χ4v) is 2.49. The topological polar surface area (TPSA) is 21.3 Å². The zero-order valence-corrected chi connectivity index (χ0v) is 13.1. The van der Waals surface area contributed by atoms with Crippen LogP contribution in [-0.4, -0.2) is 25.8 Å². The highest BCUT2D eigenvalue weighted by Gasteiger charge is 2.22. The predicted molar refractivity (Wildman–Crippen MR) is 85.0 cm³/mol. The molecule has 0 saturated heterocycles. The van der Waals surface area contributed by atoms with Crippen LogP contribution in [-0.2, 0) is 11.2 Å². The highest BCUT2D eigenvalue weighted by atomic mass is 19.1. The average Bonchev–Trinajstić information content (AvgIpc) is 3.28. The molecule has 1 N–H and O–H groups in total. The van der Waals surface area contributed by atoms with Crippen LogP contribution in [0.4, 0.5) is 4.39 Å². The van der Waals surface area contributed by atoms with Gasteiger partial charge in [0.25, 0.3) is 0 Å². The van der Waals surface area contributed by atoms with Crippen molar-refractivity contribution in [3.05, 3.63) is 35.6 Å². The molecule has 1 aliphatic rings. The molecule has 21 heavy (non-hydrogen) atoms. The van der Waals surface area contributed by atoms with Gasteiger partial charge in [0.2, 0.25) is 0 Å². The standard InChI is InChI=1S/C18H28FNO/c1-2-3-10-21-11-9-16(14-20-18-7-8-18)12-15-5-4-6-17(19)13-15/h4-6,13,16,18,20H,2-3,7-12,14H2,1H3. The minimum Gasteiger partial charge on any atom is -0.381 e. The molecule has 0 heterocycles. The molecule has 1 aromatic carbocycles. The van der Waals surface area contributed by atoms with Crippen molar-refractivity contribution in [2.75, 3.05) is 19.8 Å². The van der Waals surface area contributed by atoms with Crippen molar-refractivity contribution >= 4 is 0 Å². The summed E-state index contributed by atoms with van der Waals surface area (Å²) in [6, 6.07) is 7.71. The molecule has 1 atom stereocenters. The van der Waals surface area contributed by atoms with Crippen molar-refractivity contribution in [1.82, 2.24) is 5.32 Å². The van der Waals surface area contributed by atoms with Crippen molar-refractivity contribution in [1.29, 1.82) is 0 Å². The van der Waals surface area contributed by atoms with E-state index in [2.05, 4.69) is 12.2 Å². The third kappa shape index (κ3) is 7.05. The molecule has 1 saturated carbocycles. The van der Waals surface area contributed by atoms with Gasteiger partial charge < -0.3 is 10.1 Å². The third-order valence-electron chi connectivity index (χ3n) is 4.00. The van der Waals surface area contributed by atoms with E-state index >= 15 is 0 Å². The highest BCUT2D eigenvalue weighted by Crippen LogP contribution is 2.20. The predicted octanol–water partition coefficient (Wildman–Crippen LogP) is 3.94. The molecular formula is C18H28FNO. The second-order valence-electron chi connectivity index (χ2n) is 6.14. The molecule has 1 unspecified atom stereocenters. The quantitative estimate of drug-likeness (QED) is 0.624. The van der Waals surface area contributed by atoms with Crippen LogP contribution in [0.5, 0.6) is 0 Å². The summed E-state index contributed by atoms with van der Waals surface area (Å²) in [7, 11) is 0. The Morgan fingerprint density at radius 1 is 1.33 bits per heavy atom. The van der Waals surface area contributed by atoms with Gasteiger partial charge in [0.1, 0.15) is 5.82 Å². The number of nitrogens with one attached hydrogen (secondary N) is 1. The Hall–Kier alpha value is -0.930. The van der Waals surface area contributed by atoms with Crippen LogP contribution in [0.3, 0.4) is 0 Å². The number of halogens is 1. The van der Waals surface area contributed by atoms with Gasteiger partial charge in [-0.3, -0.25) is 0 Å². The van der Waals surface area contributed by atoms with E-state index in [0.717, 1.165) is 50.6 Å². The van der Waals surface area contributed by atoms with Crippen LogP contribution < -0.4 is 5.32 Å². The van der Waals surface area contributed by atoms with Crippen LogP contribution >= 0.6 is 0 Å². The first-order valence-electron chi connectivity index (χ1n) is 8.33. The van der Waals surface area contributed by atoms with E-state index < -0.39 is 0 Å². The normalized spacial score (nSPS) is 16.1. The number of unbranched alkanes of at least 4 members (excludes halogenated alkanes) is 1. The van der Waals surface area contributed by atoms with Gasteiger partial charge in [0.15, 0.2) is 0 Å². The van der Waals surface area contributed by atoms with Crippen molar-refractivity contribution in [2.24, 2.45) is 5.92 Å². The molecule has 118 valence electrons. The molecule has 0 bridgehead atoms. The number of rotatable bonds is 11. The van der Waals surface area contributed by atoms with Crippen molar-refractivity contribution < 1.29 is 9.13 Å². The van der Waals surface area contributed by atoms with Crippen molar-refractivity contribution in [2.45, 2.75) is 51.5 Å². The maximum atomic E-state index is 13.3. The molecule has 2 rings (SSSR count). The maximum absolute atomic E-state index is 13.3. The van der Waals surface area contributed by atoms with E-state index in [9.17, 15) is 4.39 Å². The summed E-state index contributed by atoms with van der Waals surface area (Å²) in [5.74, 6) is 0.384. The monoisotopic (exact) mass is 293 g/mol. The Morgan fingerprint density at radius 2 is 2.19 bits per heavy atom. The zero-order valence-electron chi connectivity index (χ0n) is 13.1. The molecule has 3 heteroatoms. The van der Waals surface area contributed by atoms with Gasteiger partial charge in [0, 0.05) is 19.3 Å². The fourth-order valence-electron chi connectivity index (χ4n) is 2.49. The summed E-state index contributed by atoms with van der Waals surface area (Å²) in [5.41, 5.74) is 1.09. The molecule has 1 fully saturated rings. The van der Waals surface area contributed by atoms with Crippen LogP contribution in [0.25, 0.3) is 0 Å². The Labute approximate surface area is 128 Å². The number of hydrogen-bond donors (Lipinski definition) is 1. The summed E-state index contributed by atoms with van der Waals surface area (Å²) >= 11 is 0. The lowest BCUT2D eigenvalue weighted by Crippen LogP contribution is -2.27. The van der Waals surface area contributed by atoms with Gasteiger partial charge in [-0.15, -0.1) is 0 Å². The number of benzene rings is 1. The molecule has 0 aliphatic heterocycles. The highest BCUT2D eigenvalue weighted by molar-refractivity contribution is 5.17. The van der Waals surface area contributed by atoms with Crippen LogP contribution in [0.2, 0.25) is 0 Å². The molecule has 1 aliphatic carbocycles. The largest absolute Gasteiger partial charge is 0.381 e. The lowest BCUT2D eigenvalue weighted by atomic mass is 9.96. The first-order valence-corrected chi connectivity index (χ1v) is 8.33. The van der Waals surface area contributed by atoms with Crippen molar-refractivity contribution in [3.63, 3.8) is 0 Å². The van der Waals surface area contributed by atoms with Crippen LogP contribution in [0, 0.1) is 11.7 Å². The molecule has 0 amide bonds. The van der Waals surface area contributed by atoms with Gasteiger partial charge in [-0.1, -0.05) is 25.5 Å². The summed E-state index contributed by atoms with van der Waals surface area (Å²) in [4.78, 5) is 0. The third-order valence-corrected chi connectivity index (χ3v) is 4.00. The van der Waals surface area contributed by atoms with Gasteiger partial charge in [-0.05, 0) is 62.3 Å². The molecule has 0 spiro atoms. The Bertz CT molecular complexity index is 406. The molecule has 1 aromatic rings. The van der Waals surface area contributed by atoms with E-state index in [4.69, 9.17) is 4.74 Å². The van der Waals surface area contributed by atoms with Gasteiger partial charge >= 0.3 is 0 Å². The first kappa shape index (κ1) is 16.4. The molecule has 0 radical (unpaired) electrons. The second-order valence-corrected chi connectivity index (χ2v) is 6.14. The van der Waals surface area contributed by atoms with E-state index in [-0.39, 0.29) is 5.82 Å². The molecular weight excluding hydrogens is 265 g/mol. The summed E-state index contributed by atoms with van der Waals surface area (Å²) < 4.78 is 19.0. The van der Waals surface area contributed by atoms with E-state index in [1.165, 1.54) is 25.3 Å². The number of ether oxygens (including phenoxy) is 1. The Balaban J connectivity index is 1.76. The minimum atomic E-state index is -0.138. The summed E-state index contributed by atoms with van der Waals surface area (Å²) in [6.07, 6.45) is 6.89. The minimum absolute atomic E-state index is 0.138. The second kappa shape index (κ2) is 9.16. The van der Waals surface area contributed by atoms with Gasteiger partial charge in [-0.2, -0.15) is 0 Å². The smallest absolute Gasteiger partial charge is 0.123 e. The van der Waals surface area contributed by atoms with Gasteiger partial charge in [0.05, 0.1) is 0 Å². The SMILES string of the molecule is CCCCOCCC(CNC1CC1)Cc1cccc(F)c1. The summed E-state index contributed by atoms with van der Waals surface area (Å²) in [5, 5.41) is 3.59. The van der Waals surface area contributed by atoms with Gasteiger partial charge in [-0.25, -0.2) is 4.39 Å².